The van der Waals surface area contributed by atoms with Crippen LogP contribution in [0.3, 0.4) is 0 Å². The number of benzene rings is 4. The highest BCUT2D eigenvalue weighted by molar-refractivity contribution is 6.12. The van der Waals surface area contributed by atoms with Gasteiger partial charge in [-0.1, -0.05) is 84.4 Å². The van der Waals surface area contributed by atoms with Gasteiger partial charge in [-0.05, 0) is 57.1 Å². The summed E-state index contributed by atoms with van der Waals surface area (Å²) in [6.07, 6.45) is 3.43. The Balaban J connectivity index is 1.86. The van der Waals surface area contributed by atoms with Crippen molar-refractivity contribution in [2.75, 3.05) is 0 Å². The van der Waals surface area contributed by atoms with Crippen molar-refractivity contribution in [2.45, 2.75) is 13.3 Å². The summed E-state index contributed by atoms with van der Waals surface area (Å²) < 4.78 is 0. The van der Waals surface area contributed by atoms with Gasteiger partial charge in [-0.15, -0.1) is 0 Å². The number of hydrogen-bond donors (Lipinski definition) is 0. The minimum Gasteiger partial charge on any atom is -0.0683 e. The van der Waals surface area contributed by atoms with Crippen molar-refractivity contribution >= 4 is 27.6 Å². The maximum absolute atomic E-state index is 2.35. The molecule has 0 saturated heterocycles. The van der Waals surface area contributed by atoms with E-state index < -0.39 is 0 Å². The van der Waals surface area contributed by atoms with Crippen LogP contribution < -0.4 is 0 Å². The van der Waals surface area contributed by atoms with E-state index in [0.29, 0.717) is 0 Å². The van der Waals surface area contributed by atoms with Crippen molar-refractivity contribution in [1.82, 2.24) is 0 Å². The summed E-state index contributed by atoms with van der Waals surface area (Å²) in [4.78, 5) is 0. The van der Waals surface area contributed by atoms with E-state index in [0.717, 1.165) is 6.42 Å². The van der Waals surface area contributed by atoms with Crippen molar-refractivity contribution in [3.05, 3.63) is 89.5 Å². The third-order valence-electron chi connectivity index (χ3n) is 5.13. The van der Waals surface area contributed by atoms with Crippen molar-refractivity contribution in [1.29, 1.82) is 0 Å². The minimum atomic E-state index is 1.08. The molecule has 0 amide bonds. The molecule has 114 valence electrons. The third kappa shape index (κ3) is 1.93. The first-order valence-corrected chi connectivity index (χ1v) is 8.51. The first-order valence-electron chi connectivity index (χ1n) is 8.51. The zero-order valence-electron chi connectivity index (χ0n) is 13.7. The fourth-order valence-electron chi connectivity index (χ4n) is 4.05. The summed E-state index contributed by atoms with van der Waals surface area (Å²) in [5.74, 6) is 0. The monoisotopic (exact) mass is 306 g/mol. The quantitative estimate of drug-likeness (QED) is 0.347. The lowest BCUT2D eigenvalue weighted by Crippen LogP contribution is -1.89. The van der Waals surface area contributed by atoms with Crippen molar-refractivity contribution < 1.29 is 0 Å². The summed E-state index contributed by atoms with van der Waals surface area (Å²) in [6.45, 7) is 2.22. The molecule has 0 radical (unpaired) electrons. The standard InChI is InChI=1S/C24H18/c1-16-14-18-7-4-9-22(24(18)15-16)21-11-5-10-20-19-8-3-2-6-17(19)12-13-23(20)21/h2-13,15H,14H2,1H3. The Bertz CT molecular complexity index is 1130. The van der Waals surface area contributed by atoms with Crippen LogP contribution in [0.1, 0.15) is 18.1 Å². The van der Waals surface area contributed by atoms with Gasteiger partial charge in [0.15, 0.2) is 0 Å². The Kier molecular flexibility index (Phi) is 2.87. The summed E-state index contributed by atoms with van der Waals surface area (Å²) >= 11 is 0. The van der Waals surface area contributed by atoms with E-state index in [1.165, 1.54) is 49.4 Å². The molecule has 0 nitrogen and oxygen atoms in total. The molecule has 0 N–H and O–H groups in total. The molecule has 0 aromatic heterocycles. The molecule has 0 spiro atoms. The molecule has 0 heteroatoms. The lowest BCUT2D eigenvalue weighted by molar-refractivity contribution is 1.20. The molecule has 0 heterocycles. The van der Waals surface area contributed by atoms with Crippen LogP contribution in [0.5, 0.6) is 0 Å². The van der Waals surface area contributed by atoms with E-state index in [2.05, 4.69) is 85.8 Å². The van der Waals surface area contributed by atoms with Crippen LogP contribution in [0.25, 0.3) is 38.7 Å². The number of fused-ring (bicyclic) bond motifs is 4. The maximum atomic E-state index is 2.35. The van der Waals surface area contributed by atoms with Gasteiger partial charge in [0, 0.05) is 0 Å². The van der Waals surface area contributed by atoms with Crippen LogP contribution in [-0.2, 0) is 6.42 Å². The molecular weight excluding hydrogens is 288 g/mol. The zero-order chi connectivity index (χ0) is 16.1. The predicted octanol–water partition coefficient (Wildman–Crippen LogP) is 6.62. The van der Waals surface area contributed by atoms with Crippen LogP contribution in [0.2, 0.25) is 0 Å². The Labute approximate surface area is 142 Å². The molecule has 0 atom stereocenters. The molecule has 0 unspecified atom stereocenters. The Morgan fingerprint density at radius 1 is 0.625 bits per heavy atom. The summed E-state index contributed by atoms with van der Waals surface area (Å²) in [5.41, 5.74) is 6.98. The van der Waals surface area contributed by atoms with Crippen LogP contribution in [0, 0.1) is 0 Å². The number of rotatable bonds is 1. The Morgan fingerprint density at radius 2 is 1.42 bits per heavy atom. The number of allylic oxidation sites excluding steroid dienone is 1. The van der Waals surface area contributed by atoms with Crippen molar-refractivity contribution in [3.8, 4) is 11.1 Å². The molecule has 4 aromatic rings. The van der Waals surface area contributed by atoms with Gasteiger partial charge in [0.25, 0.3) is 0 Å². The second-order valence-electron chi connectivity index (χ2n) is 6.73. The molecule has 24 heavy (non-hydrogen) atoms. The minimum absolute atomic E-state index is 1.08. The fourth-order valence-corrected chi connectivity index (χ4v) is 4.05. The van der Waals surface area contributed by atoms with Crippen LogP contribution >= 0.6 is 0 Å². The van der Waals surface area contributed by atoms with Gasteiger partial charge < -0.3 is 0 Å². The molecule has 1 aliphatic rings. The van der Waals surface area contributed by atoms with Crippen molar-refractivity contribution in [3.63, 3.8) is 0 Å². The fraction of sp³-hybridized carbons (Fsp3) is 0.0833. The van der Waals surface area contributed by atoms with Crippen LogP contribution in [0.4, 0.5) is 0 Å². The van der Waals surface area contributed by atoms with Gasteiger partial charge in [-0.3, -0.25) is 0 Å². The second-order valence-corrected chi connectivity index (χ2v) is 6.73. The second kappa shape index (κ2) is 5.07. The summed E-state index contributed by atoms with van der Waals surface area (Å²) in [5, 5.41) is 5.30. The van der Waals surface area contributed by atoms with E-state index in [4.69, 9.17) is 0 Å². The van der Waals surface area contributed by atoms with E-state index >= 15 is 0 Å². The Hall–Kier alpha value is -2.86. The van der Waals surface area contributed by atoms with E-state index in [-0.39, 0.29) is 0 Å². The van der Waals surface area contributed by atoms with Gasteiger partial charge in [0.1, 0.15) is 0 Å². The molecule has 0 fully saturated rings. The highest BCUT2D eigenvalue weighted by Gasteiger charge is 2.15. The zero-order valence-corrected chi connectivity index (χ0v) is 13.7. The molecule has 1 aliphatic carbocycles. The van der Waals surface area contributed by atoms with Gasteiger partial charge >= 0.3 is 0 Å². The Morgan fingerprint density at radius 3 is 2.38 bits per heavy atom. The maximum Gasteiger partial charge on any atom is -0.00604 e. The third-order valence-corrected chi connectivity index (χ3v) is 5.13. The topological polar surface area (TPSA) is 0 Å². The normalized spacial score (nSPS) is 13.3. The molecule has 0 bridgehead atoms. The molecule has 5 rings (SSSR count). The largest absolute Gasteiger partial charge is 0.0683 e. The smallest absolute Gasteiger partial charge is 0.00604 e. The van der Waals surface area contributed by atoms with Gasteiger partial charge in [0.2, 0.25) is 0 Å². The van der Waals surface area contributed by atoms with E-state index in [9.17, 15) is 0 Å². The lowest BCUT2D eigenvalue weighted by Gasteiger charge is -2.12. The van der Waals surface area contributed by atoms with Crippen LogP contribution in [-0.4, -0.2) is 0 Å². The predicted molar refractivity (Wildman–Crippen MR) is 104 cm³/mol. The first kappa shape index (κ1) is 13.6. The summed E-state index contributed by atoms with van der Waals surface area (Å²) in [7, 11) is 0. The SMILES string of the molecule is CC1=Cc2c(cccc2-c2cccc3c2ccc2ccccc23)C1. The average molecular weight is 306 g/mol. The lowest BCUT2D eigenvalue weighted by atomic mass is 9.91. The molecule has 0 saturated carbocycles. The molecule has 4 aromatic carbocycles. The van der Waals surface area contributed by atoms with Gasteiger partial charge in [0.05, 0.1) is 0 Å². The molecule has 0 aliphatic heterocycles. The van der Waals surface area contributed by atoms with Crippen LogP contribution in [0.15, 0.2) is 78.4 Å². The first-order chi connectivity index (χ1) is 11.8. The van der Waals surface area contributed by atoms with E-state index in [1.807, 2.05) is 0 Å². The summed E-state index contributed by atoms with van der Waals surface area (Å²) in [6, 6.07) is 26.6. The average Bonchev–Trinajstić information content (AvgIpc) is 3.01. The van der Waals surface area contributed by atoms with Crippen molar-refractivity contribution in [2.24, 2.45) is 0 Å². The number of hydrogen-bond acceptors (Lipinski definition) is 0. The highest BCUT2D eigenvalue weighted by Crippen LogP contribution is 2.38. The van der Waals surface area contributed by atoms with Gasteiger partial charge in [-0.25, -0.2) is 0 Å². The van der Waals surface area contributed by atoms with Gasteiger partial charge in [-0.2, -0.15) is 0 Å². The molecular formula is C24H18. The highest BCUT2D eigenvalue weighted by atomic mass is 14.2. The van der Waals surface area contributed by atoms with E-state index in [1.54, 1.807) is 0 Å².